The predicted molar refractivity (Wildman–Crippen MR) is 72.3 cm³/mol. The monoisotopic (exact) mass is 271 g/mol. The van der Waals surface area contributed by atoms with Gasteiger partial charge in [-0.25, -0.2) is 0 Å². The number of hydrogen-bond acceptors (Lipinski definition) is 5. The van der Waals surface area contributed by atoms with Crippen molar-refractivity contribution in [3.63, 3.8) is 0 Å². The molecule has 1 fully saturated rings. The van der Waals surface area contributed by atoms with Gasteiger partial charge < -0.3 is 4.74 Å². The molecular weight excluding hydrogens is 254 g/mol. The lowest BCUT2D eigenvalue weighted by atomic mass is 10.2. The van der Waals surface area contributed by atoms with Crippen LogP contribution in [-0.4, -0.2) is 23.4 Å². The van der Waals surface area contributed by atoms with Gasteiger partial charge in [0.1, 0.15) is 11.6 Å². The fraction of sp³-hybridized carbons (Fsp3) is 0.583. The summed E-state index contributed by atoms with van der Waals surface area (Å²) in [7, 11) is 0. The summed E-state index contributed by atoms with van der Waals surface area (Å²) in [6, 6.07) is 3.93. The molecule has 0 bridgehead atoms. The zero-order valence-corrected chi connectivity index (χ0v) is 11.9. The van der Waals surface area contributed by atoms with Crippen LogP contribution in [0.3, 0.4) is 0 Å². The molecule has 0 saturated carbocycles. The Morgan fingerprint density at radius 1 is 1.53 bits per heavy atom. The Hall–Kier alpha value is -0.520. The van der Waals surface area contributed by atoms with E-state index < -0.39 is 5.60 Å². The maximum Gasteiger partial charge on any atom is 0.324 e. The van der Waals surface area contributed by atoms with Gasteiger partial charge in [-0.05, 0) is 32.2 Å². The Morgan fingerprint density at radius 2 is 2.29 bits per heavy atom. The van der Waals surface area contributed by atoms with Crippen molar-refractivity contribution in [2.45, 2.75) is 37.8 Å². The second-order valence-electron chi connectivity index (χ2n) is 4.98. The fourth-order valence-corrected chi connectivity index (χ4v) is 3.74. The molecule has 0 amide bonds. The summed E-state index contributed by atoms with van der Waals surface area (Å²) < 4.78 is 5.38. The lowest BCUT2D eigenvalue weighted by molar-refractivity contribution is -0.156. The molecule has 2 rings (SSSR count). The highest BCUT2D eigenvalue weighted by molar-refractivity contribution is 7.99. The molecule has 0 spiro atoms. The second kappa shape index (κ2) is 5.00. The summed E-state index contributed by atoms with van der Waals surface area (Å²) in [5, 5.41) is 5.60. The molecule has 0 aromatic carbocycles. The van der Waals surface area contributed by atoms with E-state index in [9.17, 15) is 4.79 Å². The zero-order valence-electron chi connectivity index (χ0n) is 10.2. The first-order chi connectivity index (χ1) is 7.96. The van der Waals surface area contributed by atoms with Gasteiger partial charge in [-0.2, -0.15) is 0 Å². The molecule has 1 aromatic rings. The predicted octanol–water partition coefficient (Wildman–Crippen LogP) is 2.79. The molecule has 2 unspecified atom stereocenters. The molecule has 1 aliphatic heterocycles. The highest BCUT2D eigenvalue weighted by atomic mass is 32.2. The minimum Gasteiger partial charge on any atom is -0.459 e. The van der Waals surface area contributed by atoms with Crippen molar-refractivity contribution in [2.75, 3.05) is 5.75 Å². The largest absolute Gasteiger partial charge is 0.459 e. The molecule has 94 valence electrons. The van der Waals surface area contributed by atoms with Gasteiger partial charge in [0.15, 0.2) is 0 Å². The summed E-state index contributed by atoms with van der Waals surface area (Å²) >= 11 is 3.47. The van der Waals surface area contributed by atoms with Crippen LogP contribution in [0, 0.1) is 0 Å². The first kappa shape index (κ1) is 12.9. The minimum absolute atomic E-state index is 0.149. The number of carbonyl (C=O) groups is 1. The third-order valence-corrected chi connectivity index (χ3v) is 4.61. The number of ether oxygens (including phenoxy) is 1. The molecule has 1 N–H and O–H groups in total. The van der Waals surface area contributed by atoms with E-state index in [0.717, 1.165) is 5.75 Å². The van der Waals surface area contributed by atoms with Crippen molar-refractivity contribution < 1.29 is 9.53 Å². The summed E-state index contributed by atoms with van der Waals surface area (Å²) in [4.78, 5) is 13.1. The molecule has 3 nitrogen and oxygen atoms in total. The van der Waals surface area contributed by atoms with Crippen molar-refractivity contribution >= 4 is 29.1 Å². The maximum absolute atomic E-state index is 11.9. The lowest BCUT2D eigenvalue weighted by Gasteiger charge is -2.22. The smallest absolute Gasteiger partial charge is 0.324 e. The summed E-state index contributed by atoms with van der Waals surface area (Å²) in [5.74, 6) is 0.626. The maximum atomic E-state index is 11.9. The molecule has 5 heteroatoms. The van der Waals surface area contributed by atoms with E-state index >= 15 is 0 Å². The van der Waals surface area contributed by atoms with E-state index in [-0.39, 0.29) is 17.4 Å². The van der Waals surface area contributed by atoms with Crippen LogP contribution in [-0.2, 0) is 9.53 Å². The van der Waals surface area contributed by atoms with E-state index in [2.05, 4.69) is 16.8 Å². The molecule has 2 atom stereocenters. The molecule has 1 aromatic heterocycles. The molecular formula is C12H17NO2S2. The average Bonchev–Trinajstić information content (AvgIpc) is 2.86. The molecule has 0 aliphatic carbocycles. The first-order valence-corrected chi connectivity index (χ1v) is 7.52. The van der Waals surface area contributed by atoms with Gasteiger partial charge in [0.2, 0.25) is 0 Å². The van der Waals surface area contributed by atoms with Gasteiger partial charge >= 0.3 is 5.97 Å². The Labute approximate surface area is 110 Å². The minimum atomic E-state index is -0.412. The summed E-state index contributed by atoms with van der Waals surface area (Å²) in [5.41, 5.74) is -0.412. The lowest BCUT2D eigenvalue weighted by Crippen LogP contribution is -2.39. The highest BCUT2D eigenvalue weighted by Crippen LogP contribution is 2.35. The van der Waals surface area contributed by atoms with Crippen LogP contribution in [0.2, 0.25) is 0 Å². The normalized spacial score (nSPS) is 24.9. The van der Waals surface area contributed by atoms with Crippen molar-refractivity contribution in [3.8, 4) is 0 Å². The van der Waals surface area contributed by atoms with E-state index in [1.54, 1.807) is 23.1 Å². The number of thiophene rings is 1. The Kier molecular flexibility index (Phi) is 3.80. The van der Waals surface area contributed by atoms with Crippen LogP contribution in [0.5, 0.6) is 0 Å². The number of nitrogens with one attached hydrogen (secondary N) is 1. The van der Waals surface area contributed by atoms with Crippen molar-refractivity contribution in [1.29, 1.82) is 0 Å². The third kappa shape index (κ3) is 3.47. The van der Waals surface area contributed by atoms with Gasteiger partial charge in [0.05, 0.1) is 5.37 Å². The third-order valence-electron chi connectivity index (χ3n) is 2.28. The number of rotatable bonds is 2. The second-order valence-corrected chi connectivity index (χ2v) is 7.10. The molecule has 1 saturated heterocycles. The van der Waals surface area contributed by atoms with Crippen LogP contribution in [0.25, 0.3) is 0 Å². The topological polar surface area (TPSA) is 38.3 Å². The standard InChI is InChI=1S/C12H17NO2S2/c1-12(2,3)15-11(14)8-7-17-10(13-8)9-5-4-6-16-9/h4-6,8,10,13H,7H2,1-3H3. The first-order valence-electron chi connectivity index (χ1n) is 5.59. The van der Waals surface area contributed by atoms with Crippen molar-refractivity contribution in [2.24, 2.45) is 0 Å². The number of thioether (sulfide) groups is 1. The Bertz CT molecular complexity index is 384. The molecule has 17 heavy (non-hydrogen) atoms. The SMILES string of the molecule is CC(C)(C)OC(=O)C1CSC(c2cccs2)N1. The van der Waals surface area contributed by atoms with Crippen LogP contribution >= 0.6 is 23.1 Å². The van der Waals surface area contributed by atoms with E-state index in [4.69, 9.17) is 4.74 Å². The van der Waals surface area contributed by atoms with Crippen LogP contribution in [0.4, 0.5) is 0 Å². The molecule has 0 radical (unpaired) electrons. The average molecular weight is 271 g/mol. The van der Waals surface area contributed by atoms with Crippen LogP contribution in [0.1, 0.15) is 31.0 Å². The quantitative estimate of drug-likeness (QED) is 0.840. The highest BCUT2D eigenvalue weighted by Gasteiger charge is 2.33. The van der Waals surface area contributed by atoms with Gasteiger partial charge in [-0.15, -0.1) is 23.1 Å². The number of esters is 1. The van der Waals surface area contributed by atoms with Crippen molar-refractivity contribution in [1.82, 2.24) is 5.32 Å². The molecule has 1 aliphatic rings. The molecule has 2 heterocycles. The van der Waals surface area contributed by atoms with Gasteiger partial charge in [0, 0.05) is 10.6 Å². The van der Waals surface area contributed by atoms with Crippen molar-refractivity contribution in [3.05, 3.63) is 22.4 Å². The fourth-order valence-electron chi connectivity index (χ4n) is 1.59. The number of hydrogen-bond donors (Lipinski definition) is 1. The van der Waals surface area contributed by atoms with Crippen LogP contribution in [0.15, 0.2) is 17.5 Å². The van der Waals surface area contributed by atoms with Gasteiger partial charge in [0.25, 0.3) is 0 Å². The van der Waals surface area contributed by atoms with Gasteiger partial charge in [-0.3, -0.25) is 10.1 Å². The Morgan fingerprint density at radius 3 is 2.88 bits per heavy atom. The Balaban J connectivity index is 1.92. The van der Waals surface area contributed by atoms with E-state index in [1.807, 2.05) is 26.8 Å². The zero-order chi connectivity index (χ0) is 12.5. The van der Waals surface area contributed by atoms with E-state index in [1.165, 1.54) is 4.88 Å². The summed E-state index contributed by atoms with van der Waals surface area (Å²) in [6.07, 6.45) is 0. The van der Waals surface area contributed by atoms with Gasteiger partial charge in [-0.1, -0.05) is 6.07 Å². The van der Waals surface area contributed by atoms with E-state index in [0.29, 0.717) is 0 Å². The number of carbonyl (C=O) groups excluding carboxylic acids is 1. The van der Waals surface area contributed by atoms with Crippen LogP contribution < -0.4 is 5.32 Å². The summed E-state index contributed by atoms with van der Waals surface area (Å²) in [6.45, 7) is 5.68.